The van der Waals surface area contributed by atoms with Gasteiger partial charge in [-0.3, -0.25) is 0 Å². The Hall–Kier alpha value is -1.03. The highest BCUT2D eigenvalue weighted by molar-refractivity contribution is 5.22. The number of hydrogen-bond donors (Lipinski definition) is 1. The summed E-state index contributed by atoms with van der Waals surface area (Å²) in [5.74, 6) is -1.80. The topological polar surface area (TPSA) is 20.2 Å². The number of aliphatic hydroxyl groups excluding tert-OH is 1. The minimum absolute atomic E-state index is 0.0926. The summed E-state index contributed by atoms with van der Waals surface area (Å²) < 4.78 is 37.5. The summed E-state index contributed by atoms with van der Waals surface area (Å²) in [6, 6.07) is 7.42. The Morgan fingerprint density at radius 3 is 2.00 bits per heavy atom. The number of halogens is 3. The molecule has 0 aliphatic rings. The molecule has 0 aliphatic heterocycles. The van der Waals surface area contributed by atoms with Gasteiger partial charge >= 0.3 is 6.18 Å². The van der Waals surface area contributed by atoms with Gasteiger partial charge < -0.3 is 5.11 Å². The predicted octanol–water partition coefficient (Wildman–Crippen LogP) is 2.71. The van der Waals surface area contributed by atoms with Crippen LogP contribution >= 0.6 is 0 Å². The highest BCUT2D eigenvalue weighted by atomic mass is 19.4. The van der Waals surface area contributed by atoms with Crippen LogP contribution in [0.25, 0.3) is 0 Å². The second-order valence-electron chi connectivity index (χ2n) is 3.17. The van der Waals surface area contributed by atoms with E-state index < -0.39 is 18.2 Å². The second kappa shape index (κ2) is 4.00. The van der Waals surface area contributed by atoms with Crippen molar-refractivity contribution in [3.8, 4) is 0 Å². The number of hydrogen-bond acceptors (Lipinski definition) is 1. The molecule has 0 aromatic heterocycles. The van der Waals surface area contributed by atoms with Crippen LogP contribution in [0.15, 0.2) is 30.3 Å². The van der Waals surface area contributed by atoms with Gasteiger partial charge in [-0.15, -0.1) is 0 Å². The molecule has 0 radical (unpaired) electrons. The molecule has 0 unspecified atom stereocenters. The minimum Gasteiger partial charge on any atom is -0.392 e. The lowest BCUT2D eigenvalue weighted by Crippen LogP contribution is -2.29. The van der Waals surface area contributed by atoms with Crippen LogP contribution in [0.5, 0.6) is 0 Å². The maximum Gasteiger partial charge on any atom is 0.398 e. The van der Waals surface area contributed by atoms with Gasteiger partial charge in [-0.05, 0) is 12.5 Å². The van der Waals surface area contributed by atoms with E-state index in [4.69, 9.17) is 5.11 Å². The van der Waals surface area contributed by atoms with Crippen LogP contribution in [0.3, 0.4) is 0 Å². The Morgan fingerprint density at radius 2 is 1.64 bits per heavy atom. The molecule has 1 nitrogen and oxygen atoms in total. The van der Waals surface area contributed by atoms with Crippen molar-refractivity contribution in [3.63, 3.8) is 0 Å². The van der Waals surface area contributed by atoms with Crippen molar-refractivity contribution in [1.82, 2.24) is 0 Å². The molecule has 0 amide bonds. The van der Waals surface area contributed by atoms with Crippen molar-refractivity contribution < 1.29 is 18.3 Å². The lowest BCUT2D eigenvalue weighted by atomic mass is 9.94. The first-order chi connectivity index (χ1) is 6.43. The van der Waals surface area contributed by atoms with Crippen LogP contribution < -0.4 is 0 Å². The normalized spacial score (nSPS) is 16.4. The van der Waals surface area contributed by atoms with Crippen molar-refractivity contribution in [1.29, 1.82) is 0 Å². The molecule has 0 saturated heterocycles. The molecule has 0 aliphatic carbocycles. The van der Waals surface area contributed by atoms with Crippen molar-refractivity contribution in [2.75, 3.05) is 0 Å². The van der Waals surface area contributed by atoms with Gasteiger partial charge in [0, 0.05) is 0 Å². The Kier molecular flexibility index (Phi) is 3.16. The monoisotopic (exact) mass is 204 g/mol. The van der Waals surface area contributed by atoms with E-state index in [-0.39, 0.29) is 5.56 Å². The fourth-order valence-electron chi connectivity index (χ4n) is 1.40. The quantitative estimate of drug-likeness (QED) is 0.785. The van der Waals surface area contributed by atoms with E-state index in [1.807, 2.05) is 0 Å². The van der Waals surface area contributed by atoms with Crippen molar-refractivity contribution in [2.24, 2.45) is 0 Å². The lowest BCUT2D eigenvalue weighted by Gasteiger charge is -2.23. The fourth-order valence-corrected chi connectivity index (χ4v) is 1.40. The van der Waals surface area contributed by atoms with Gasteiger partial charge in [0.15, 0.2) is 0 Å². The van der Waals surface area contributed by atoms with Crippen molar-refractivity contribution in [3.05, 3.63) is 35.9 Å². The zero-order chi connectivity index (χ0) is 10.8. The number of rotatable bonds is 2. The molecule has 0 heterocycles. The third-order valence-electron chi connectivity index (χ3n) is 1.99. The molecule has 1 N–H and O–H groups in total. The maximum absolute atomic E-state index is 12.5. The largest absolute Gasteiger partial charge is 0.398 e. The average Bonchev–Trinajstić information content (AvgIpc) is 2.02. The summed E-state index contributed by atoms with van der Waals surface area (Å²) in [6.45, 7) is 1.14. The van der Waals surface area contributed by atoms with E-state index in [9.17, 15) is 13.2 Å². The van der Waals surface area contributed by atoms with E-state index in [2.05, 4.69) is 0 Å². The lowest BCUT2D eigenvalue weighted by molar-refractivity contribution is -0.169. The third kappa shape index (κ3) is 2.48. The Morgan fingerprint density at radius 1 is 1.14 bits per heavy atom. The third-order valence-corrected chi connectivity index (χ3v) is 1.99. The SMILES string of the molecule is C[C@@H](O)[C@H](c1ccccc1)C(F)(F)F. The fraction of sp³-hybridized carbons (Fsp3) is 0.400. The van der Waals surface area contributed by atoms with Crippen LogP contribution in [0.1, 0.15) is 18.4 Å². The predicted molar refractivity (Wildman–Crippen MR) is 46.9 cm³/mol. The summed E-state index contributed by atoms with van der Waals surface area (Å²) in [4.78, 5) is 0. The van der Waals surface area contributed by atoms with Gasteiger partial charge in [-0.25, -0.2) is 0 Å². The molecule has 0 spiro atoms. The van der Waals surface area contributed by atoms with Gasteiger partial charge in [0.2, 0.25) is 0 Å². The van der Waals surface area contributed by atoms with Gasteiger partial charge in [-0.1, -0.05) is 30.3 Å². The molecule has 2 atom stereocenters. The molecule has 0 saturated carbocycles. The first-order valence-corrected chi connectivity index (χ1v) is 4.22. The number of aliphatic hydroxyl groups is 1. The van der Waals surface area contributed by atoms with E-state index in [1.54, 1.807) is 6.07 Å². The Balaban J connectivity index is 3.02. The Bertz CT molecular complexity index is 279. The molecule has 14 heavy (non-hydrogen) atoms. The Labute approximate surface area is 80.2 Å². The van der Waals surface area contributed by atoms with E-state index >= 15 is 0 Å². The molecule has 1 rings (SSSR count). The number of alkyl halides is 3. The smallest absolute Gasteiger partial charge is 0.392 e. The maximum atomic E-state index is 12.5. The highest BCUT2D eigenvalue weighted by Crippen LogP contribution is 2.37. The molecule has 1 aromatic carbocycles. The molecular weight excluding hydrogens is 193 g/mol. The van der Waals surface area contributed by atoms with E-state index in [0.717, 1.165) is 6.92 Å². The molecule has 78 valence electrons. The zero-order valence-corrected chi connectivity index (χ0v) is 7.62. The summed E-state index contributed by atoms with van der Waals surface area (Å²) in [5.41, 5.74) is 0.0926. The van der Waals surface area contributed by atoms with Gasteiger partial charge in [0.25, 0.3) is 0 Å². The zero-order valence-electron chi connectivity index (χ0n) is 7.62. The average molecular weight is 204 g/mol. The second-order valence-corrected chi connectivity index (χ2v) is 3.17. The molecule has 4 heteroatoms. The van der Waals surface area contributed by atoms with Crippen molar-refractivity contribution >= 4 is 0 Å². The van der Waals surface area contributed by atoms with Crippen LogP contribution in [0, 0.1) is 0 Å². The number of benzene rings is 1. The molecule has 0 bridgehead atoms. The first-order valence-electron chi connectivity index (χ1n) is 4.22. The molecule has 0 fully saturated rings. The molecular formula is C10H11F3O. The summed E-state index contributed by atoms with van der Waals surface area (Å²) in [7, 11) is 0. The van der Waals surface area contributed by atoms with E-state index in [0.29, 0.717) is 0 Å². The van der Waals surface area contributed by atoms with Crippen LogP contribution in [0.4, 0.5) is 13.2 Å². The highest BCUT2D eigenvalue weighted by Gasteiger charge is 2.43. The summed E-state index contributed by atoms with van der Waals surface area (Å²) in [6.07, 6.45) is -5.84. The van der Waals surface area contributed by atoms with Gasteiger partial charge in [0.05, 0.1) is 6.10 Å². The van der Waals surface area contributed by atoms with Crippen LogP contribution in [0.2, 0.25) is 0 Å². The standard InChI is InChI=1S/C10H11F3O/c1-7(14)9(10(11,12)13)8-5-3-2-4-6-8/h2-7,9,14H,1H3/t7-,9-/m1/s1. The van der Waals surface area contributed by atoms with Crippen LogP contribution in [-0.2, 0) is 0 Å². The summed E-state index contributed by atoms with van der Waals surface area (Å²) in [5, 5.41) is 9.08. The first kappa shape index (κ1) is 11.0. The van der Waals surface area contributed by atoms with Gasteiger partial charge in [-0.2, -0.15) is 13.2 Å². The minimum atomic E-state index is -4.41. The molecule has 1 aromatic rings. The van der Waals surface area contributed by atoms with Gasteiger partial charge in [0.1, 0.15) is 5.92 Å². The summed E-state index contributed by atoms with van der Waals surface area (Å²) >= 11 is 0. The van der Waals surface area contributed by atoms with E-state index in [1.165, 1.54) is 24.3 Å². The van der Waals surface area contributed by atoms with Crippen LogP contribution in [-0.4, -0.2) is 17.4 Å². The van der Waals surface area contributed by atoms with Crippen molar-refractivity contribution in [2.45, 2.75) is 25.1 Å².